The Labute approximate surface area is 103 Å². The topological polar surface area (TPSA) is 72.2 Å². The minimum Gasteiger partial charge on any atom is -0.418 e. The van der Waals surface area contributed by atoms with Gasteiger partial charge < -0.3 is 21.8 Å². The maximum atomic E-state index is 9.79. The lowest BCUT2D eigenvalue weighted by Gasteiger charge is -1.94. The Morgan fingerprint density at radius 1 is 1.33 bits per heavy atom. The van der Waals surface area contributed by atoms with Crippen molar-refractivity contribution >= 4 is 17.4 Å². The fourth-order valence-electron chi connectivity index (χ4n) is 0.584. The summed E-state index contributed by atoms with van der Waals surface area (Å²) in [6, 6.07) is 0. The molecule has 1 heterocycles. The van der Waals surface area contributed by atoms with Crippen LogP contribution >= 0.6 is 0 Å². The average Bonchev–Trinajstić information content (AvgIpc) is 2.51. The number of aryl methyl sites for hydroxylation is 1. The van der Waals surface area contributed by atoms with E-state index in [1.54, 1.807) is 19.4 Å². The molecule has 0 fully saturated rings. The predicted octanol–water partition coefficient (Wildman–Crippen LogP) is 2.00. The minimum atomic E-state index is -6.00. The Morgan fingerprint density at radius 2 is 1.78 bits per heavy atom. The molecule has 11 heteroatoms. The van der Waals surface area contributed by atoms with Gasteiger partial charge in [-0.3, -0.25) is 4.55 Å². The quantitative estimate of drug-likeness (QED) is 0.514. The number of hydrogen-bond acceptors (Lipinski definition) is 3. The van der Waals surface area contributed by atoms with Gasteiger partial charge >= 0.3 is 7.25 Å². The van der Waals surface area contributed by atoms with Gasteiger partial charge in [0.25, 0.3) is 10.1 Å². The van der Waals surface area contributed by atoms with E-state index in [0.29, 0.717) is 6.42 Å². The molecule has 108 valence electrons. The van der Waals surface area contributed by atoms with E-state index in [0.717, 1.165) is 0 Å². The van der Waals surface area contributed by atoms with Crippen LogP contribution in [0.5, 0.6) is 0 Å². The summed E-state index contributed by atoms with van der Waals surface area (Å²) in [6.07, 6.45) is 5.86. The van der Waals surface area contributed by atoms with Crippen molar-refractivity contribution in [2.45, 2.75) is 13.3 Å². The third kappa shape index (κ3) is 29.4. The zero-order valence-electron chi connectivity index (χ0n) is 9.80. The molecule has 0 aliphatic rings. The number of imidazole rings is 1. The van der Waals surface area contributed by atoms with Crippen molar-refractivity contribution in [1.82, 2.24) is 9.55 Å². The first kappa shape index (κ1) is 19.2. The molecule has 0 saturated heterocycles. The maximum absolute atomic E-state index is 9.79. The van der Waals surface area contributed by atoms with Crippen LogP contribution in [-0.4, -0.2) is 35.5 Å². The van der Waals surface area contributed by atoms with E-state index in [4.69, 9.17) is 4.55 Å². The highest BCUT2D eigenvalue weighted by Gasteiger charge is 2.20. The molecule has 0 bridgehead atoms. The van der Waals surface area contributed by atoms with E-state index < -0.39 is 17.4 Å². The highest BCUT2D eigenvalue weighted by atomic mass is 32.2. The number of halogens is 4. The monoisotopic (exact) mass is 293 g/mol. The molecule has 0 aliphatic carbocycles. The molecule has 1 aromatic heterocycles. The maximum Gasteiger partial charge on any atom is 0.673 e. The Bertz CT molecular complexity index is 387. The van der Waals surface area contributed by atoms with E-state index in [-0.39, 0.29) is 5.75 Å². The van der Waals surface area contributed by atoms with Crippen LogP contribution in [0.2, 0.25) is 0 Å². The molecule has 0 aliphatic heterocycles. The third-order valence-electron chi connectivity index (χ3n) is 1.10. The molecule has 1 N–H and O–H groups in total. The smallest absolute Gasteiger partial charge is 0.418 e. The highest BCUT2D eigenvalue weighted by Crippen LogP contribution is 2.06. The van der Waals surface area contributed by atoms with Gasteiger partial charge in [-0.05, 0) is 6.42 Å². The molecule has 0 atom stereocenters. The van der Waals surface area contributed by atoms with Crippen LogP contribution in [0, 0.1) is 0 Å². The van der Waals surface area contributed by atoms with Gasteiger partial charge in [-0.25, -0.2) is 4.98 Å². The van der Waals surface area contributed by atoms with E-state index in [9.17, 15) is 25.7 Å². The molecule has 0 aromatic carbocycles. The zero-order chi connectivity index (χ0) is 14.8. The van der Waals surface area contributed by atoms with Crippen molar-refractivity contribution in [3.8, 4) is 0 Å². The largest absolute Gasteiger partial charge is 0.673 e. The normalized spacial score (nSPS) is 10.8. The first-order valence-electron chi connectivity index (χ1n) is 4.70. The first-order chi connectivity index (χ1) is 7.95. The SMILES string of the molecule is CCCS(=O)(=O)O.Cn1ccnc1.F[B-](F)(F)F. The van der Waals surface area contributed by atoms with Gasteiger partial charge in [0, 0.05) is 19.4 Å². The molecule has 0 saturated carbocycles. The summed E-state index contributed by atoms with van der Waals surface area (Å²) in [5.74, 6) is -0.132. The summed E-state index contributed by atoms with van der Waals surface area (Å²) in [4.78, 5) is 3.78. The first-order valence-corrected chi connectivity index (χ1v) is 6.31. The summed E-state index contributed by atoms with van der Waals surface area (Å²) in [7, 11) is -7.74. The molecule has 0 unspecified atom stereocenters. The van der Waals surface area contributed by atoms with Gasteiger partial charge in [0.15, 0.2) is 0 Å². The van der Waals surface area contributed by atoms with Crippen LogP contribution in [0.4, 0.5) is 17.3 Å². The van der Waals surface area contributed by atoms with Crippen molar-refractivity contribution in [2.75, 3.05) is 5.75 Å². The van der Waals surface area contributed by atoms with Crippen LogP contribution in [0.25, 0.3) is 0 Å². The number of nitrogens with zero attached hydrogens (tertiary/aromatic N) is 2. The van der Waals surface area contributed by atoms with Crippen molar-refractivity contribution in [2.24, 2.45) is 7.05 Å². The van der Waals surface area contributed by atoms with Crippen molar-refractivity contribution in [1.29, 1.82) is 0 Å². The van der Waals surface area contributed by atoms with E-state index in [1.807, 2.05) is 17.8 Å². The Morgan fingerprint density at radius 3 is 1.83 bits per heavy atom. The van der Waals surface area contributed by atoms with Crippen LogP contribution in [0.1, 0.15) is 13.3 Å². The second-order valence-corrected chi connectivity index (χ2v) is 4.58. The fraction of sp³-hybridized carbons (Fsp3) is 0.571. The third-order valence-corrected chi connectivity index (χ3v) is 2.02. The Hall–Kier alpha value is -1.10. The van der Waals surface area contributed by atoms with Crippen molar-refractivity contribution in [3.05, 3.63) is 18.7 Å². The van der Waals surface area contributed by atoms with E-state index in [1.165, 1.54) is 0 Å². The van der Waals surface area contributed by atoms with Crippen LogP contribution < -0.4 is 0 Å². The van der Waals surface area contributed by atoms with Crippen LogP contribution in [0.15, 0.2) is 18.7 Å². The minimum absolute atomic E-state index is 0.132. The summed E-state index contributed by atoms with van der Waals surface area (Å²) >= 11 is 0. The number of hydrogen-bond donors (Lipinski definition) is 1. The molecule has 0 amide bonds. The summed E-state index contributed by atoms with van der Waals surface area (Å²) < 4.78 is 68.5. The van der Waals surface area contributed by atoms with Crippen molar-refractivity contribution < 1.29 is 30.2 Å². The Kier molecular flexibility index (Phi) is 9.54. The van der Waals surface area contributed by atoms with Crippen LogP contribution in [0.3, 0.4) is 0 Å². The summed E-state index contributed by atoms with van der Waals surface area (Å²) in [5.41, 5.74) is 0. The predicted molar refractivity (Wildman–Crippen MR) is 60.1 cm³/mol. The molecular formula is C7H14BF4N2O3S-. The van der Waals surface area contributed by atoms with Crippen molar-refractivity contribution in [3.63, 3.8) is 0 Å². The molecule has 0 radical (unpaired) electrons. The summed E-state index contributed by atoms with van der Waals surface area (Å²) in [6.45, 7) is 1.69. The van der Waals surface area contributed by atoms with E-state index >= 15 is 0 Å². The second kappa shape index (κ2) is 8.92. The molecule has 1 rings (SSSR count). The van der Waals surface area contributed by atoms with Gasteiger partial charge in [0.2, 0.25) is 0 Å². The molecular weight excluding hydrogens is 279 g/mol. The van der Waals surface area contributed by atoms with Gasteiger partial charge in [-0.2, -0.15) is 8.42 Å². The number of rotatable bonds is 2. The standard InChI is InChI=1S/C4H6N2.C3H8O3S.BF4/c1-6-3-2-5-4-6;1-2-3-7(4,5)6;2-1(3,4)5/h2-4H,1H3;2-3H2,1H3,(H,4,5,6);/q;;-1. The zero-order valence-corrected chi connectivity index (χ0v) is 10.6. The number of aromatic nitrogens is 2. The molecule has 0 spiro atoms. The van der Waals surface area contributed by atoms with Gasteiger partial charge in [0.1, 0.15) is 0 Å². The van der Waals surface area contributed by atoms with Crippen LogP contribution in [-0.2, 0) is 17.2 Å². The highest BCUT2D eigenvalue weighted by molar-refractivity contribution is 7.85. The average molecular weight is 293 g/mol. The molecule has 5 nitrogen and oxygen atoms in total. The lowest BCUT2D eigenvalue weighted by Crippen LogP contribution is -2.02. The molecule has 1 aromatic rings. The van der Waals surface area contributed by atoms with Gasteiger partial charge in [-0.15, -0.1) is 0 Å². The Balaban J connectivity index is 0. The van der Waals surface area contributed by atoms with Gasteiger partial charge in [-0.1, -0.05) is 6.92 Å². The van der Waals surface area contributed by atoms with E-state index in [2.05, 4.69) is 4.98 Å². The second-order valence-electron chi connectivity index (χ2n) is 3.01. The molecule has 18 heavy (non-hydrogen) atoms. The fourth-order valence-corrected chi connectivity index (χ4v) is 1.10. The lowest BCUT2D eigenvalue weighted by molar-refractivity contribution is 0.368. The lowest BCUT2D eigenvalue weighted by atomic mass is 10.3. The summed E-state index contributed by atoms with van der Waals surface area (Å²) in [5, 5.41) is 0. The van der Waals surface area contributed by atoms with Gasteiger partial charge in [0.05, 0.1) is 12.1 Å².